The second-order valence-electron chi connectivity index (χ2n) is 7.54. The van der Waals surface area contributed by atoms with Gasteiger partial charge in [-0.2, -0.15) is 0 Å². The first-order valence-electron chi connectivity index (χ1n) is 11.1. The van der Waals surface area contributed by atoms with E-state index in [2.05, 4.69) is 47.7 Å². The van der Waals surface area contributed by atoms with Crippen molar-refractivity contribution in [3.05, 3.63) is 53.2 Å². The topological polar surface area (TPSA) is 77.0 Å². The highest BCUT2D eigenvalue weighted by Gasteiger charge is 2.17. The summed E-state index contributed by atoms with van der Waals surface area (Å²) >= 11 is 0. The number of hydrogen-bond acceptors (Lipinski definition) is 5. The first kappa shape index (κ1) is 22.9. The number of nitrogens with one attached hydrogen (secondary N) is 2. The van der Waals surface area contributed by atoms with Gasteiger partial charge in [0.15, 0.2) is 5.96 Å². The van der Waals surface area contributed by atoms with Crippen LogP contribution in [0.1, 0.15) is 43.4 Å². The molecule has 3 rings (SSSR count). The second-order valence-corrected chi connectivity index (χ2v) is 7.54. The van der Waals surface area contributed by atoms with Crippen molar-refractivity contribution in [2.24, 2.45) is 4.99 Å². The molecule has 1 aliphatic heterocycles. The van der Waals surface area contributed by atoms with E-state index in [1.165, 1.54) is 5.56 Å². The average molecular weight is 427 g/mol. The highest BCUT2D eigenvalue weighted by atomic mass is 16.5. The maximum absolute atomic E-state index is 6.11. The summed E-state index contributed by atoms with van der Waals surface area (Å²) in [5.74, 6) is 2.28. The average Bonchev–Trinajstić information content (AvgIpc) is 3.29. The zero-order chi connectivity index (χ0) is 21.9. The Hall–Kier alpha value is -2.80. The molecule has 1 aromatic carbocycles. The van der Waals surface area contributed by atoms with Gasteiger partial charge in [-0.25, -0.2) is 9.98 Å². The van der Waals surface area contributed by atoms with Gasteiger partial charge in [-0.15, -0.1) is 0 Å². The number of ether oxygens (including phenoxy) is 3. The number of guanidine groups is 1. The van der Waals surface area contributed by atoms with Crippen LogP contribution in [0.3, 0.4) is 0 Å². The van der Waals surface area contributed by atoms with Crippen molar-refractivity contribution in [1.29, 1.82) is 0 Å². The van der Waals surface area contributed by atoms with E-state index >= 15 is 0 Å². The third kappa shape index (κ3) is 7.43. The molecule has 0 amide bonds. The summed E-state index contributed by atoms with van der Waals surface area (Å²) in [6.07, 6.45) is 4.13. The number of rotatable bonds is 10. The van der Waals surface area contributed by atoms with Crippen molar-refractivity contribution in [2.45, 2.75) is 52.8 Å². The third-order valence-corrected chi connectivity index (χ3v) is 4.97. The van der Waals surface area contributed by atoms with Crippen LogP contribution in [0.25, 0.3) is 0 Å². The van der Waals surface area contributed by atoms with E-state index in [1.54, 1.807) is 6.20 Å². The molecule has 7 nitrogen and oxygen atoms in total. The van der Waals surface area contributed by atoms with Crippen molar-refractivity contribution >= 4 is 5.96 Å². The molecular weight excluding hydrogens is 392 g/mol. The first-order chi connectivity index (χ1) is 15.2. The van der Waals surface area contributed by atoms with Crippen LogP contribution < -0.4 is 20.1 Å². The van der Waals surface area contributed by atoms with Crippen LogP contribution >= 0.6 is 0 Å². The minimum atomic E-state index is 0.196. The van der Waals surface area contributed by atoms with E-state index < -0.39 is 0 Å². The molecule has 1 fully saturated rings. The summed E-state index contributed by atoms with van der Waals surface area (Å²) in [6, 6.07) is 10.2. The molecule has 1 unspecified atom stereocenters. The van der Waals surface area contributed by atoms with Gasteiger partial charge in [0.1, 0.15) is 12.4 Å². The number of benzene rings is 1. The molecule has 2 aromatic rings. The number of nitrogens with zero attached hydrogens (tertiary/aromatic N) is 2. The van der Waals surface area contributed by atoms with Gasteiger partial charge in [-0.05, 0) is 56.9 Å². The van der Waals surface area contributed by atoms with E-state index in [4.69, 9.17) is 19.2 Å². The quantitative estimate of drug-likeness (QED) is 0.447. The maximum Gasteiger partial charge on any atom is 0.213 e. The van der Waals surface area contributed by atoms with Gasteiger partial charge < -0.3 is 24.8 Å². The molecule has 7 heteroatoms. The second kappa shape index (κ2) is 12.2. The van der Waals surface area contributed by atoms with Gasteiger partial charge in [0.05, 0.1) is 19.3 Å². The fraction of sp³-hybridized carbons (Fsp3) is 0.500. The summed E-state index contributed by atoms with van der Waals surface area (Å²) in [7, 11) is 0. The Morgan fingerprint density at radius 3 is 2.87 bits per heavy atom. The molecule has 2 N–H and O–H groups in total. The largest absolute Gasteiger partial charge is 0.491 e. The smallest absolute Gasteiger partial charge is 0.213 e. The minimum absolute atomic E-state index is 0.196. The van der Waals surface area contributed by atoms with E-state index in [0.717, 1.165) is 48.8 Å². The molecule has 2 heterocycles. The van der Waals surface area contributed by atoms with Crippen LogP contribution in [0.2, 0.25) is 0 Å². The Bertz CT molecular complexity index is 850. The van der Waals surface area contributed by atoms with Crippen LogP contribution in [-0.4, -0.2) is 43.4 Å². The monoisotopic (exact) mass is 426 g/mol. The minimum Gasteiger partial charge on any atom is -0.491 e. The fourth-order valence-electron chi connectivity index (χ4n) is 3.37. The number of pyridine rings is 1. The van der Waals surface area contributed by atoms with Gasteiger partial charge in [-0.3, -0.25) is 0 Å². The molecule has 0 aliphatic carbocycles. The van der Waals surface area contributed by atoms with Crippen molar-refractivity contribution in [3.63, 3.8) is 0 Å². The summed E-state index contributed by atoms with van der Waals surface area (Å²) in [6.45, 7) is 10.0. The molecule has 0 spiro atoms. The normalized spacial score (nSPS) is 16.2. The lowest BCUT2D eigenvalue weighted by Crippen LogP contribution is -2.36. The van der Waals surface area contributed by atoms with Gasteiger partial charge in [0, 0.05) is 37.5 Å². The maximum atomic E-state index is 6.11. The number of hydrogen-bond donors (Lipinski definition) is 2. The lowest BCUT2D eigenvalue weighted by atomic mass is 10.1. The Balaban J connectivity index is 1.62. The predicted octanol–water partition coefficient (Wildman–Crippen LogP) is 3.60. The fourth-order valence-corrected chi connectivity index (χ4v) is 3.37. The molecule has 0 radical (unpaired) electrons. The van der Waals surface area contributed by atoms with Crippen LogP contribution in [0.5, 0.6) is 11.6 Å². The standard InChI is InChI=1S/C24H34N4O3/c1-4-25-24(27-15-19-10-11-26-23(14-19)29-5-2)28-16-20-9-8-18(3)13-22(20)31-17-21-7-6-12-30-21/h8-11,13-14,21H,4-7,12,15-17H2,1-3H3,(H2,25,27,28). The summed E-state index contributed by atoms with van der Waals surface area (Å²) in [4.78, 5) is 8.91. The molecule has 1 aromatic heterocycles. The highest BCUT2D eigenvalue weighted by Crippen LogP contribution is 2.22. The van der Waals surface area contributed by atoms with Gasteiger partial charge >= 0.3 is 0 Å². The van der Waals surface area contributed by atoms with Crippen LogP contribution in [-0.2, 0) is 17.8 Å². The van der Waals surface area contributed by atoms with E-state index in [9.17, 15) is 0 Å². The highest BCUT2D eigenvalue weighted by molar-refractivity contribution is 5.79. The van der Waals surface area contributed by atoms with E-state index in [0.29, 0.717) is 32.2 Å². The number of aliphatic imine (C=N–C) groups is 1. The van der Waals surface area contributed by atoms with Gasteiger partial charge in [-0.1, -0.05) is 12.1 Å². The van der Waals surface area contributed by atoms with E-state index in [-0.39, 0.29) is 6.10 Å². The molecule has 1 atom stereocenters. The van der Waals surface area contributed by atoms with Crippen molar-refractivity contribution in [3.8, 4) is 11.6 Å². The lowest BCUT2D eigenvalue weighted by molar-refractivity contribution is 0.0676. The Labute approximate surface area is 185 Å². The molecular formula is C24H34N4O3. The Kier molecular flexibility index (Phi) is 8.97. The predicted molar refractivity (Wildman–Crippen MR) is 123 cm³/mol. The summed E-state index contributed by atoms with van der Waals surface area (Å²) < 4.78 is 17.3. The Morgan fingerprint density at radius 1 is 1.19 bits per heavy atom. The zero-order valence-electron chi connectivity index (χ0n) is 18.8. The molecule has 1 saturated heterocycles. The van der Waals surface area contributed by atoms with Crippen molar-refractivity contribution in [1.82, 2.24) is 15.6 Å². The van der Waals surface area contributed by atoms with Gasteiger partial charge in [0.2, 0.25) is 5.88 Å². The van der Waals surface area contributed by atoms with Gasteiger partial charge in [0.25, 0.3) is 0 Å². The third-order valence-electron chi connectivity index (χ3n) is 4.97. The molecule has 168 valence electrons. The summed E-state index contributed by atoms with van der Waals surface area (Å²) in [5.41, 5.74) is 3.32. The Morgan fingerprint density at radius 2 is 2.10 bits per heavy atom. The first-order valence-corrected chi connectivity index (χ1v) is 11.1. The number of aromatic nitrogens is 1. The summed E-state index contributed by atoms with van der Waals surface area (Å²) in [5, 5.41) is 6.72. The van der Waals surface area contributed by atoms with Crippen molar-refractivity contribution in [2.75, 3.05) is 26.4 Å². The van der Waals surface area contributed by atoms with Crippen LogP contribution in [0.15, 0.2) is 41.5 Å². The lowest BCUT2D eigenvalue weighted by Gasteiger charge is -2.17. The van der Waals surface area contributed by atoms with E-state index in [1.807, 2.05) is 19.1 Å². The van der Waals surface area contributed by atoms with Crippen molar-refractivity contribution < 1.29 is 14.2 Å². The SMILES string of the molecule is CCNC(=NCc1ccnc(OCC)c1)NCc1ccc(C)cc1OCC1CCCO1. The molecule has 1 aliphatic rings. The number of aryl methyl sites for hydroxylation is 1. The molecule has 0 bridgehead atoms. The van der Waals surface area contributed by atoms with Crippen LogP contribution in [0, 0.1) is 6.92 Å². The molecule has 0 saturated carbocycles. The zero-order valence-corrected chi connectivity index (χ0v) is 18.8. The molecule has 31 heavy (non-hydrogen) atoms. The van der Waals surface area contributed by atoms with Crippen LogP contribution in [0.4, 0.5) is 0 Å².